The molecule has 0 saturated heterocycles. The molecule has 1 atom stereocenters. The fourth-order valence-corrected chi connectivity index (χ4v) is 2.39. The Morgan fingerprint density at radius 1 is 0.900 bits per heavy atom. The second-order valence-electron chi connectivity index (χ2n) is 4.75. The summed E-state index contributed by atoms with van der Waals surface area (Å²) in [7, 11) is 0. The van der Waals surface area contributed by atoms with Gasteiger partial charge < -0.3 is 6.92 Å². The Bertz CT molecular complexity index is 676. The molecule has 1 aliphatic carbocycles. The van der Waals surface area contributed by atoms with Gasteiger partial charge in [0.25, 0.3) is 0 Å². The standard InChI is InChI=1S/C10H9.C9H7.Zr/c1-8-6-7-9-4-2-3-5-10(8)9;1-2-5-9-7-3-6-8(9)4-1;/h2-8H,1H2;1-7H;/q2*-1;+2. The van der Waals surface area contributed by atoms with Crippen LogP contribution in [0.25, 0.3) is 16.8 Å². The molecule has 0 fully saturated rings. The molecule has 0 heterocycles. The molecule has 0 bridgehead atoms. The molecule has 0 saturated carbocycles. The zero-order chi connectivity index (χ0) is 13.1. The number of benzene rings is 2. The molecule has 3 aromatic rings. The third-order valence-corrected chi connectivity index (χ3v) is 3.45. The fraction of sp³-hybridized carbons (Fsp3) is 0.0526. The molecule has 0 N–H and O–H groups in total. The van der Waals surface area contributed by atoms with Crippen molar-refractivity contribution in [2.45, 2.75) is 5.92 Å². The van der Waals surface area contributed by atoms with Crippen LogP contribution < -0.4 is 0 Å². The number of fused-ring (bicyclic) bond motifs is 2. The molecular formula is C19H16Zr. The molecule has 0 amide bonds. The number of hydrogen-bond acceptors (Lipinski definition) is 0. The van der Waals surface area contributed by atoms with Crippen LogP contribution >= 0.6 is 0 Å². The normalized spacial score (nSPS) is 15.2. The Hall–Kier alpha value is -1.33. The number of hydrogen-bond donors (Lipinski definition) is 0. The van der Waals surface area contributed by atoms with Crippen LogP contribution in [0.2, 0.25) is 0 Å². The van der Waals surface area contributed by atoms with Gasteiger partial charge in [-0.2, -0.15) is 17.5 Å². The van der Waals surface area contributed by atoms with Crippen molar-refractivity contribution < 1.29 is 26.2 Å². The summed E-state index contributed by atoms with van der Waals surface area (Å²) >= 11 is 0. The van der Waals surface area contributed by atoms with E-state index < -0.39 is 0 Å². The Morgan fingerprint density at radius 2 is 1.65 bits per heavy atom. The van der Waals surface area contributed by atoms with Gasteiger partial charge in [0.15, 0.2) is 0 Å². The Balaban J connectivity index is 0.000000141. The van der Waals surface area contributed by atoms with Crippen LogP contribution in [-0.4, -0.2) is 0 Å². The van der Waals surface area contributed by atoms with E-state index in [0.717, 1.165) is 0 Å². The van der Waals surface area contributed by atoms with Crippen molar-refractivity contribution in [3.8, 4) is 0 Å². The average Bonchev–Trinajstić information content (AvgIpc) is 3.07. The molecule has 1 unspecified atom stereocenters. The van der Waals surface area contributed by atoms with E-state index in [2.05, 4.69) is 85.8 Å². The fourth-order valence-electron chi connectivity index (χ4n) is 2.39. The quantitative estimate of drug-likeness (QED) is 0.496. The Morgan fingerprint density at radius 3 is 2.45 bits per heavy atom. The van der Waals surface area contributed by atoms with Crippen LogP contribution in [0.1, 0.15) is 17.0 Å². The Kier molecular flexibility index (Phi) is 5.20. The SMILES string of the molecule is [CH2-]C1C=Cc2ccccc21.[Zr+2].c1ccc2[cH-]ccc2c1. The van der Waals surface area contributed by atoms with E-state index in [-0.39, 0.29) is 26.2 Å². The van der Waals surface area contributed by atoms with Gasteiger partial charge in [0.1, 0.15) is 0 Å². The molecule has 0 aromatic heterocycles. The van der Waals surface area contributed by atoms with Crippen LogP contribution in [0.3, 0.4) is 0 Å². The maximum atomic E-state index is 3.99. The summed E-state index contributed by atoms with van der Waals surface area (Å²) in [6.07, 6.45) is 4.26. The first-order chi connectivity index (χ1) is 9.34. The molecule has 0 spiro atoms. The monoisotopic (exact) mass is 334 g/mol. The Labute approximate surface area is 139 Å². The van der Waals surface area contributed by atoms with E-state index >= 15 is 0 Å². The minimum Gasteiger partial charge on any atom is -0.332 e. The summed E-state index contributed by atoms with van der Waals surface area (Å²) < 4.78 is 0. The summed E-state index contributed by atoms with van der Waals surface area (Å²) in [5, 5.41) is 2.66. The maximum absolute atomic E-state index is 3.99. The first-order valence-electron chi connectivity index (χ1n) is 6.55. The van der Waals surface area contributed by atoms with Gasteiger partial charge in [-0.05, 0) is 5.56 Å². The summed E-state index contributed by atoms with van der Waals surface area (Å²) in [6, 6.07) is 23.0. The van der Waals surface area contributed by atoms with E-state index in [1.54, 1.807) is 0 Å². The molecule has 0 aliphatic heterocycles. The zero-order valence-corrected chi connectivity index (χ0v) is 13.7. The van der Waals surface area contributed by atoms with Gasteiger partial charge in [-0.3, -0.25) is 0 Å². The molecule has 4 rings (SSSR count). The van der Waals surface area contributed by atoms with Crippen molar-refractivity contribution in [2.24, 2.45) is 0 Å². The van der Waals surface area contributed by atoms with Crippen molar-refractivity contribution in [3.63, 3.8) is 0 Å². The molecule has 20 heavy (non-hydrogen) atoms. The van der Waals surface area contributed by atoms with Crippen molar-refractivity contribution in [2.75, 3.05) is 0 Å². The van der Waals surface area contributed by atoms with Crippen LogP contribution in [0.15, 0.2) is 72.8 Å². The van der Waals surface area contributed by atoms with E-state index in [1.807, 2.05) is 0 Å². The van der Waals surface area contributed by atoms with Crippen molar-refractivity contribution >= 4 is 16.8 Å². The predicted octanol–water partition coefficient (Wildman–Crippen LogP) is 5.19. The van der Waals surface area contributed by atoms with Gasteiger partial charge in [0, 0.05) is 0 Å². The van der Waals surface area contributed by atoms with Crippen molar-refractivity contribution in [1.29, 1.82) is 0 Å². The molecule has 0 radical (unpaired) electrons. The summed E-state index contributed by atoms with van der Waals surface area (Å²) in [4.78, 5) is 0. The van der Waals surface area contributed by atoms with Crippen LogP contribution in [0.4, 0.5) is 0 Å². The second kappa shape index (κ2) is 6.91. The van der Waals surface area contributed by atoms with Gasteiger partial charge >= 0.3 is 26.2 Å². The first-order valence-corrected chi connectivity index (χ1v) is 6.55. The molecule has 1 heteroatoms. The average molecular weight is 336 g/mol. The molecule has 0 nitrogen and oxygen atoms in total. The van der Waals surface area contributed by atoms with Crippen LogP contribution in [0.5, 0.6) is 0 Å². The summed E-state index contributed by atoms with van der Waals surface area (Å²) in [6.45, 7) is 3.99. The van der Waals surface area contributed by atoms with Crippen LogP contribution in [-0.2, 0) is 26.2 Å². The van der Waals surface area contributed by atoms with Gasteiger partial charge in [-0.15, -0.1) is 41.6 Å². The van der Waals surface area contributed by atoms with Gasteiger partial charge in [0.05, 0.1) is 0 Å². The summed E-state index contributed by atoms with van der Waals surface area (Å²) in [5.41, 5.74) is 2.67. The first kappa shape index (κ1) is 15.1. The third kappa shape index (κ3) is 3.22. The molecule has 1 aliphatic rings. The maximum Gasteiger partial charge on any atom is 2.00 e. The topological polar surface area (TPSA) is 0 Å². The number of allylic oxidation sites excluding steroid dienone is 1. The van der Waals surface area contributed by atoms with Crippen molar-refractivity contribution in [1.82, 2.24) is 0 Å². The molecule has 3 aromatic carbocycles. The predicted molar refractivity (Wildman–Crippen MR) is 83.1 cm³/mol. The smallest absolute Gasteiger partial charge is 0.332 e. The molecule has 96 valence electrons. The summed E-state index contributed by atoms with van der Waals surface area (Å²) in [5.74, 6) is 0.371. The van der Waals surface area contributed by atoms with Crippen molar-refractivity contribution in [3.05, 3.63) is 90.9 Å². The number of rotatable bonds is 0. The third-order valence-electron chi connectivity index (χ3n) is 3.45. The minimum absolute atomic E-state index is 0. The molecular weight excluding hydrogens is 319 g/mol. The zero-order valence-electron chi connectivity index (χ0n) is 11.3. The largest absolute Gasteiger partial charge is 2.00 e. The van der Waals surface area contributed by atoms with Gasteiger partial charge in [-0.25, -0.2) is 0 Å². The van der Waals surface area contributed by atoms with E-state index in [0.29, 0.717) is 5.92 Å². The second-order valence-corrected chi connectivity index (χ2v) is 4.75. The van der Waals surface area contributed by atoms with E-state index in [1.165, 1.54) is 21.9 Å². The van der Waals surface area contributed by atoms with Crippen LogP contribution in [0, 0.1) is 6.92 Å². The minimum atomic E-state index is 0. The van der Waals surface area contributed by atoms with Gasteiger partial charge in [-0.1, -0.05) is 42.0 Å². The van der Waals surface area contributed by atoms with E-state index in [4.69, 9.17) is 0 Å². The van der Waals surface area contributed by atoms with Gasteiger partial charge in [0.2, 0.25) is 0 Å². The van der Waals surface area contributed by atoms with E-state index in [9.17, 15) is 0 Å².